The van der Waals surface area contributed by atoms with E-state index in [0.29, 0.717) is 18.4 Å². The molecule has 92 valence electrons. The Morgan fingerprint density at radius 1 is 1.29 bits per heavy atom. The quantitative estimate of drug-likeness (QED) is 0.773. The summed E-state index contributed by atoms with van der Waals surface area (Å²) in [4.78, 5) is 11.9. The predicted octanol–water partition coefficient (Wildman–Crippen LogP) is 2.00. The molecular weight excluding hydrogens is 236 g/mol. The van der Waals surface area contributed by atoms with Crippen LogP contribution in [0.15, 0.2) is 24.3 Å². The van der Waals surface area contributed by atoms with E-state index in [1.54, 1.807) is 12.1 Å². The number of sulfone groups is 1. The molecule has 0 aliphatic carbocycles. The minimum atomic E-state index is -2.88. The van der Waals surface area contributed by atoms with Crippen LogP contribution in [0.1, 0.15) is 28.8 Å². The smallest absolute Gasteiger partial charge is 0.163 e. The number of aryl methyl sites for hydroxylation is 1. The summed E-state index contributed by atoms with van der Waals surface area (Å²) in [7, 11) is -2.88. The molecule has 2 rings (SSSR count). The molecule has 0 bridgehead atoms. The third kappa shape index (κ3) is 3.16. The molecule has 1 aliphatic rings. The number of carbonyl (C=O) groups excluding carboxylic acids is 1. The fraction of sp³-hybridized carbons (Fsp3) is 0.462. The van der Waals surface area contributed by atoms with E-state index in [2.05, 4.69) is 0 Å². The fourth-order valence-corrected chi connectivity index (χ4v) is 4.01. The van der Waals surface area contributed by atoms with Gasteiger partial charge in [-0.3, -0.25) is 4.79 Å². The van der Waals surface area contributed by atoms with Crippen LogP contribution < -0.4 is 0 Å². The average Bonchev–Trinajstić information content (AvgIpc) is 2.59. The van der Waals surface area contributed by atoms with Gasteiger partial charge in [0, 0.05) is 12.0 Å². The zero-order valence-corrected chi connectivity index (χ0v) is 10.7. The SMILES string of the molecule is Cc1ccc(C(=O)CC2CCS(=O)(=O)C2)cc1. The van der Waals surface area contributed by atoms with Crippen molar-refractivity contribution in [1.29, 1.82) is 0 Å². The van der Waals surface area contributed by atoms with E-state index in [4.69, 9.17) is 0 Å². The van der Waals surface area contributed by atoms with Crippen molar-refractivity contribution in [3.8, 4) is 0 Å². The van der Waals surface area contributed by atoms with Crippen molar-refractivity contribution in [1.82, 2.24) is 0 Å². The van der Waals surface area contributed by atoms with Crippen LogP contribution in [-0.2, 0) is 9.84 Å². The molecule has 4 heteroatoms. The average molecular weight is 252 g/mol. The minimum Gasteiger partial charge on any atom is -0.294 e. The predicted molar refractivity (Wildman–Crippen MR) is 66.9 cm³/mol. The highest BCUT2D eigenvalue weighted by Crippen LogP contribution is 2.23. The molecular formula is C13H16O3S. The molecule has 0 N–H and O–H groups in total. The minimum absolute atomic E-state index is 0.00815. The molecule has 0 amide bonds. The van der Waals surface area contributed by atoms with Gasteiger partial charge >= 0.3 is 0 Å². The standard InChI is InChI=1S/C13H16O3S/c1-10-2-4-12(5-3-10)13(14)8-11-6-7-17(15,16)9-11/h2-5,11H,6-9H2,1H3. The lowest BCUT2D eigenvalue weighted by Crippen LogP contribution is -2.10. The second kappa shape index (κ2) is 4.61. The van der Waals surface area contributed by atoms with Gasteiger partial charge in [0.25, 0.3) is 0 Å². The first-order valence-electron chi connectivity index (χ1n) is 5.76. The van der Waals surface area contributed by atoms with E-state index < -0.39 is 9.84 Å². The first-order valence-corrected chi connectivity index (χ1v) is 7.59. The first kappa shape index (κ1) is 12.3. The van der Waals surface area contributed by atoms with Crippen molar-refractivity contribution < 1.29 is 13.2 Å². The third-order valence-electron chi connectivity index (χ3n) is 3.17. The summed E-state index contributed by atoms with van der Waals surface area (Å²) in [6.07, 6.45) is 0.974. The van der Waals surface area contributed by atoms with Crippen molar-refractivity contribution >= 4 is 15.6 Å². The van der Waals surface area contributed by atoms with Gasteiger partial charge in [-0.2, -0.15) is 0 Å². The summed E-state index contributed by atoms with van der Waals surface area (Å²) in [5, 5.41) is 0. The van der Waals surface area contributed by atoms with E-state index in [0.717, 1.165) is 5.56 Å². The van der Waals surface area contributed by atoms with E-state index >= 15 is 0 Å². The van der Waals surface area contributed by atoms with Gasteiger partial charge in [-0.1, -0.05) is 29.8 Å². The largest absolute Gasteiger partial charge is 0.294 e. The molecule has 0 spiro atoms. The fourth-order valence-electron chi connectivity index (χ4n) is 2.15. The normalized spacial score (nSPS) is 22.5. The van der Waals surface area contributed by atoms with Gasteiger partial charge in [-0.05, 0) is 19.3 Å². The highest BCUT2D eigenvalue weighted by Gasteiger charge is 2.29. The van der Waals surface area contributed by atoms with Gasteiger partial charge in [0.1, 0.15) is 0 Å². The van der Waals surface area contributed by atoms with Crippen molar-refractivity contribution in [3.05, 3.63) is 35.4 Å². The summed E-state index contributed by atoms with van der Waals surface area (Å²) in [6, 6.07) is 7.42. The van der Waals surface area contributed by atoms with Crippen LogP contribution in [-0.4, -0.2) is 25.7 Å². The maximum Gasteiger partial charge on any atom is 0.163 e. The van der Waals surface area contributed by atoms with E-state index in [1.165, 1.54) is 0 Å². The van der Waals surface area contributed by atoms with Crippen LogP contribution >= 0.6 is 0 Å². The second-order valence-electron chi connectivity index (χ2n) is 4.76. The van der Waals surface area contributed by atoms with Gasteiger partial charge in [-0.25, -0.2) is 8.42 Å². The number of carbonyl (C=O) groups is 1. The lowest BCUT2D eigenvalue weighted by molar-refractivity contribution is 0.0965. The van der Waals surface area contributed by atoms with Crippen molar-refractivity contribution in [2.75, 3.05) is 11.5 Å². The molecule has 0 aromatic heterocycles. The molecule has 1 heterocycles. The Balaban J connectivity index is 2.01. The van der Waals surface area contributed by atoms with Crippen LogP contribution in [0.2, 0.25) is 0 Å². The number of hydrogen-bond acceptors (Lipinski definition) is 3. The zero-order valence-electron chi connectivity index (χ0n) is 9.85. The number of Topliss-reactive ketones (excluding diaryl/α,β-unsaturated/α-hetero) is 1. The first-order chi connectivity index (χ1) is 7.96. The summed E-state index contributed by atoms with van der Waals surface area (Å²) >= 11 is 0. The molecule has 1 unspecified atom stereocenters. The van der Waals surface area contributed by atoms with E-state index in [-0.39, 0.29) is 23.2 Å². The molecule has 1 atom stereocenters. The van der Waals surface area contributed by atoms with Crippen LogP contribution in [0.5, 0.6) is 0 Å². The lowest BCUT2D eigenvalue weighted by atomic mass is 9.97. The third-order valence-corrected chi connectivity index (χ3v) is 5.01. The topological polar surface area (TPSA) is 51.2 Å². The van der Waals surface area contributed by atoms with Gasteiger partial charge in [0.15, 0.2) is 15.6 Å². The summed E-state index contributed by atoms with van der Waals surface area (Å²) in [5.74, 6) is 0.463. The molecule has 0 radical (unpaired) electrons. The van der Waals surface area contributed by atoms with Gasteiger partial charge < -0.3 is 0 Å². The van der Waals surface area contributed by atoms with E-state index in [9.17, 15) is 13.2 Å². The van der Waals surface area contributed by atoms with Crippen molar-refractivity contribution in [2.24, 2.45) is 5.92 Å². The van der Waals surface area contributed by atoms with Crippen LogP contribution in [0.4, 0.5) is 0 Å². The molecule has 17 heavy (non-hydrogen) atoms. The summed E-state index contributed by atoms with van der Waals surface area (Å²) in [6.45, 7) is 1.97. The molecule has 1 fully saturated rings. The summed E-state index contributed by atoms with van der Waals surface area (Å²) in [5.41, 5.74) is 1.80. The number of ketones is 1. The summed E-state index contributed by atoms with van der Waals surface area (Å²) < 4.78 is 22.6. The molecule has 1 aromatic rings. The molecule has 1 saturated heterocycles. The van der Waals surface area contributed by atoms with Crippen LogP contribution in [0, 0.1) is 12.8 Å². The Labute approximate surface area is 102 Å². The van der Waals surface area contributed by atoms with Crippen molar-refractivity contribution in [3.63, 3.8) is 0 Å². The van der Waals surface area contributed by atoms with Gasteiger partial charge in [0.05, 0.1) is 11.5 Å². The number of rotatable bonds is 3. The maximum atomic E-state index is 11.9. The van der Waals surface area contributed by atoms with Crippen molar-refractivity contribution in [2.45, 2.75) is 19.8 Å². The molecule has 0 saturated carbocycles. The number of hydrogen-bond donors (Lipinski definition) is 0. The highest BCUT2D eigenvalue weighted by atomic mass is 32.2. The Kier molecular flexibility index (Phi) is 3.33. The Bertz CT molecular complexity index is 514. The molecule has 3 nitrogen and oxygen atoms in total. The number of benzene rings is 1. The monoisotopic (exact) mass is 252 g/mol. The van der Waals surface area contributed by atoms with Crippen LogP contribution in [0.3, 0.4) is 0 Å². The molecule has 1 aromatic carbocycles. The second-order valence-corrected chi connectivity index (χ2v) is 6.99. The Morgan fingerprint density at radius 2 is 1.94 bits per heavy atom. The Hall–Kier alpha value is -1.16. The zero-order chi connectivity index (χ0) is 12.5. The van der Waals surface area contributed by atoms with Gasteiger partial charge in [0.2, 0.25) is 0 Å². The molecule has 1 aliphatic heterocycles. The lowest BCUT2D eigenvalue weighted by Gasteiger charge is -2.06. The van der Waals surface area contributed by atoms with Gasteiger partial charge in [-0.15, -0.1) is 0 Å². The highest BCUT2D eigenvalue weighted by molar-refractivity contribution is 7.91. The maximum absolute atomic E-state index is 11.9. The Morgan fingerprint density at radius 3 is 2.47 bits per heavy atom. The van der Waals surface area contributed by atoms with E-state index in [1.807, 2.05) is 19.1 Å². The van der Waals surface area contributed by atoms with Crippen LogP contribution in [0.25, 0.3) is 0 Å².